The number of carbonyl (C=O) groups excluding carboxylic acids is 4. The number of thiol groups is 1. The number of aromatic amines is 1. The summed E-state index contributed by atoms with van der Waals surface area (Å²) < 4.78 is 0. The molecule has 2 rings (SSSR count). The zero-order valence-corrected chi connectivity index (χ0v) is 21.9. The first-order valence-electron chi connectivity index (χ1n) is 11.4. The Balaban J connectivity index is 2.28. The van der Waals surface area contributed by atoms with Gasteiger partial charge < -0.3 is 37.5 Å². The largest absolute Gasteiger partial charge is 0.480 e. The molecule has 0 fully saturated rings. The lowest BCUT2D eigenvalue weighted by molar-refractivity contribution is -0.141. The molecule has 0 aliphatic carbocycles. The van der Waals surface area contributed by atoms with Crippen molar-refractivity contribution >= 4 is 64.9 Å². The van der Waals surface area contributed by atoms with E-state index in [-0.39, 0.29) is 18.6 Å². The van der Waals surface area contributed by atoms with Gasteiger partial charge in [-0.2, -0.15) is 24.4 Å². The van der Waals surface area contributed by atoms with Gasteiger partial charge in [0.2, 0.25) is 23.6 Å². The van der Waals surface area contributed by atoms with Crippen LogP contribution in [0.2, 0.25) is 0 Å². The number of nitrogens with one attached hydrogen (secondary N) is 4. The number of carboxylic acids is 1. The minimum atomic E-state index is -1.27. The van der Waals surface area contributed by atoms with Crippen LogP contribution in [0.4, 0.5) is 0 Å². The highest BCUT2D eigenvalue weighted by atomic mass is 32.2. The summed E-state index contributed by atoms with van der Waals surface area (Å²) in [5.74, 6) is -3.79. The minimum absolute atomic E-state index is 0.0517. The third-order valence-electron chi connectivity index (χ3n) is 5.53. The first-order chi connectivity index (χ1) is 17.6. The molecule has 0 saturated carbocycles. The minimum Gasteiger partial charge on any atom is -0.480 e. The molecule has 0 aliphatic heterocycles. The van der Waals surface area contributed by atoms with Gasteiger partial charge >= 0.3 is 5.97 Å². The van der Waals surface area contributed by atoms with E-state index in [0.29, 0.717) is 5.75 Å². The average molecular weight is 553 g/mol. The summed E-state index contributed by atoms with van der Waals surface area (Å²) in [6.45, 7) is 0. The predicted octanol–water partition coefficient (Wildman–Crippen LogP) is -0.865. The number of hydrogen-bond donors (Lipinski definition) is 8. The third-order valence-corrected chi connectivity index (χ3v) is 6.54. The Morgan fingerprint density at radius 2 is 1.65 bits per heavy atom. The Kier molecular flexibility index (Phi) is 11.8. The second-order valence-corrected chi connectivity index (χ2v) is 9.68. The molecule has 14 heteroatoms. The van der Waals surface area contributed by atoms with Crippen molar-refractivity contribution in [3.05, 3.63) is 36.0 Å². The van der Waals surface area contributed by atoms with Gasteiger partial charge in [-0.05, 0) is 30.1 Å². The van der Waals surface area contributed by atoms with Crippen LogP contribution in [0.25, 0.3) is 10.9 Å². The Labute approximate surface area is 223 Å². The van der Waals surface area contributed by atoms with Crippen molar-refractivity contribution < 1.29 is 29.1 Å². The summed E-state index contributed by atoms with van der Waals surface area (Å²) >= 11 is 5.39. The maximum Gasteiger partial charge on any atom is 0.327 e. The van der Waals surface area contributed by atoms with E-state index >= 15 is 0 Å². The van der Waals surface area contributed by atoms with Crippen molar-refractivity contribution in [1.29, 1.82) is 0 Å². The number of rotatable bonds is 15. The van der Waals surface area contributed by atoms with Gasteiger partial charge in [-0.15, -0.1) is 0 Å². The molecule has 9 N–H and O–H groups in total. The Morgan fingerprint density at radius 3 is 2.27 bits per heavy atom. The molecule has 0 aliphatic rings. The van der Waals surface area contributed by atoms with Crippen molar-refractivity contribution in [2.45, 2.75) is 43.4 Å². The number of thioether (sulfide) groups is 1. The van der Waals surface area contributed by atoms with Gasteiger partial charge in [0.25, 0.3) is 0 Å². The van der Waals surface area contributed by atoms with Gasteiger partial charge in [-0.25, -0.2) is 4.79 Å². The van der Waals surface area contributed by atoms with E-state index in [4.69, 9.17) is 11.5 Å². The number of H-pyrrole nitrogens is 1. The van der Waals surface area contributed by atoms with Crippen LogP contribution < -0.4 is 27.4 Å². The summed E-state index contributed by atoms with van der Waals surface area (Å²) in [6.07, 6.45) is 3.39. The normalized spacial score (nSPS) is 14.2. The number of hydrogen-bond acceptors (Lipinski definition) is 8. The van der Waals surface area contributed by atoms with Gasteiger partial charge in [0, 0.05) is 29.3 Å². The maximum atomic E-state index is 13.4. The lowest BCUT2D eigenvalue weighted by atomic mass is 10.0. The van der Waals surface area contributed by atoms with Crippen molar-refractivity contribution in [3.8, 4) is 0 Å². The van der Waals surface area contributed by atoms with E-state index in [1.807, 2.05) is 30.5 Å². The van der Waals surface area contributed by atoms with E-state index in [0.717, 1.165) is 16.5 Å². The number of aliphatic carboxylic acids is 1. The van der Waals surface area contributed by atoms with Crippen molar-refractivity contribution in [3.63, 3.8) is 0 Å². The van der Waals surface area contributed by atoms with Crippen LogP contribution in [0, 0.1) is 0 Å². The molecule has 1 aromatic carbocycles. The summed E-state index contributed by atoms with van der Waals surface area (Å²) in [5, 5.41) is 17.6. The molecule has 4 amide bonds. The summed E-state index contributed by atoms with van der Waals surface area (Å²) in [7, 11) is 0. The molecule has 0 bridgehead atoms. The zero-order valence-electron chi connectivity index (χ0n) is 20.2. The molecule has 0 radical (unpaired) electrons. The molecule has 37 heavy (non-hydrogen) atoms. The summed E-state index contributed by atoms with van der Waals surface area (Å²) in [4.78, 5) is 64.5. The number of aromatic nitrogens is 1. The first kappa shape index (κ1) is 30.0. The fourth-order valence-corrected chi connectivity index (χ4v) is 4.27. The van der Waals surface area contributed by atoms with Gasteiger partial charge in [0.15, 0.2) is 0 Å². The number of benzene rings is 1. The number of nitrogens with two attached hydrogens (primary N) is 2. The molecule has 202 valence electrons. The average Bonchev–Trinajstić information content (AvgIpc) is 3.26. The van der Waals surface area contributed by atoms with Crippen LogP contribution in [0.3, 0.4) is 0 Å². The smallest absolute Gasteiger partial charge is 0.327 e. The Bertz CT molecular complexity index is 1130. The third kappa shape index (κ3) is 8.98. The molecular formula is C23H32N6O6S2. The number of amides is 4. The van der Waals surface area contributed by atoms with Gasteiger partial charge in [0.05, 0.1) is 12.5 Å². The molecular weight excluding hydrogens is 520 g/mol. The van der Waals surface area contributed by atoms with Crippen LogP contribution in [0.15, 0.2) is 30.5 Å². The zero-order chi connectivity index (χ0) is 27.5. The number of para-hydroxylation sites is 1. The van der Waals surface area contributed by atoms with Gasteiger partial charge in [-0.1, -0.05) is 18.2 Å². The lowest BCUT2D eigenvalue weighted by Gasteiger charge is -2.25. The quantitative estimate of drug-likeness (QED) is 0.130. The van der Waals surface area contributed by atoms with E-state index < -0.39 is 60.2 Å². The van der Waals surface area contributed by atoms with Crippen LogP contribution in [-0.4, -0.2) is 81.6 Å². The fraction of sp³-hybridized carbons (Fsp3) is 0.435. The lowest BCUT2D eigenvalue weighted by Crippen LogP contribution is -2.58. The molecule has 4 unspecified atom stereocenters. The monoisotopic (exact) mass is 552 g/mol. The molecule has 1 heterocycles. The van der Waals surface area contributed by atoms with Crippen LogP contribution in [0.5, 0.6) is 0 Å². The second kappa shape index (κ2) is 14.5. The van der Waals surface area contributed by atoms with Crippen LogP contribution >= 0.6 is 24.4 Å². The Morgan fingerprint density at radius 1 is 1.03 bits per heavy atom. The number of carbonyl (C=O) groups is 5. The first-order valence-corrected chi connectivity index (χ1v) is 13.4. The molecule has 2 aromatic rings. The van der Waals surface area contributed by atoms with Crippen molar-refractivity contribution in [1.82, 2.24) is 20.9 Å². The van der Waals surface area contributed by atoms with Gasteiger partial charge in [0.1, 0.15) is 18.1 Å². The highest BCUT2D eigenvalue weighted by molar-refractivity contribution is 7.98. The predicted molar refractivity (Wildman–Crippen MR) is 144 cm³/mol. The van der Waals surface area contributed by atoms with E-state index in [1.54, 1.807) is 6.20 Å². The van der Waals surface area contributed by atoms with Crippen molar-refractivity contribution in [2.75, 3.05) is 17.8 Å². The summed E-state index contributed by atoms with van der Waals surface area (Å²) in [6, 6.07) is 2.67. The number of primary amides is 1. The maximum absolute atomic E-state index is 13.4. The van der Waals surface area contributed by atoms with Crippen LogP contribution in [-0.2, 0) is 30.4 Å². The molecule has 0 spiro atoms. The Hall–Kier alpha value is -3.23. The second-order valence-electron chi connectivity index (χ2n) is 8.33. The number of fused-ring (bicyclic) bond motifs is 1. The number of carboxylic acid groups (broad SMARTS) is 1. The van der Waals surface area contributed by atoms with E-state index in [2.05, 4.69) is 33.6 Å². The molecule has 0 saturated heterocycles. The highest BCUT2D eigenvalue weighted by Crippen LogP contribution is 2.19. The van der Waals surface area contributed by atoms with E-state index in [1.165, 1.54) is 11.8 Å². The van der Waals surface area contributed by atoms with Crippen LogP contribution in [0.1, 0.15) is 18.4 Å². The topological polar surface area (TPSA) is 209 Å². The summed E-state index contributed by atoms with van der Waals surface area (Å²) in [5.41, 5.74) is 12.5. The fourth-order valence-electron chi connectivity index (χ4n) is 3.55. The SMILES string of the molecule is CSCCC(NC(=O)C(Cc1c[nH]c2ccccc12)NC(=O)C(N)CC(N)=O)C(=O)NC(CS)C(=O)O. The van der Waals surface area contributed by atoms with E-state index in [9.17, 15) is 29.1 Å². The van der Waals surface area contributed by atoms with Gasteiger partial charge in [-0.3, -0.25) is 19.2 Å². The molecule has 12 nitrogen and oxygen atoms in total. The highest BCUT2D eigenvalue weighted by Gasteiger charge is 2.30. The standard InChI is InChI=1S/C23H32N6O6S2/c1-37-7-6-16(21(32)29-18(11-36)23(34)35)27-22(33)17(28-20(31)14(24)9-19(25)30)8-12-10-26-15-5-3-2-4-13(12)15/h2-5,10,14,16-18,26,36H,6-9,11,24H2,1H3,(H2,25,30)(H,27,33)(H,28,31)(H,29,32)(H,34,35). The van der Waals surface area contributed by atoms with Crippen molar-refractivity contribution in [2.24, 2.45) is 11.5 Å². The molecule has 1 aromatic heterocycles. The molecule has 4 atom stereocenters.